The number of nitrogens with one attached hydrogen (secondary N) is 1. The van der Waals surface area contributed by atoms with Crippen molar-refractivity contribution in [1.82, 2.24) is 4.90 Å². The number of amides is 4. The highest BCUT2D eigenvalue weighted by molar-refractivity contribution is 6.23. The van der Waals surface area contributed by atoms with Crippen molar-refractivity contribution in [2.75, 3.05) is 24.4 Å². The summed E-state index contributed by atoms with van der Waals surface area (Å²) < 4.78 is 10.4. The fourth-order valence-electron chi connectivity index (χ4n) is 3.83. The van der Waals surface area contributed by atoms with Gasteiger partial charge in [0.25, 0.3) is 5.91 Å². The molecule has 4 rings (SSSR count). The van der Waals surface area contributed by atoms with Crippen LogP contribution in [-0.4, -0.2) is 43.0 Å². The van der Waals surface area contributed by atoms with Gasteiger partial charge in [-0.1, -0.05) is 30.3 Å². The number of carbonyl (C=O) groups excluding carboxylic acids is 3. The fraction of sp³-hybridized carbons (Fsp3) is 0.192. The number of imide groups is 1. The fourth-order valence-corrected chi connectivity index (χ4v) is 3.83. The highest BCUT2D eigenvalue weighted by Gasteiger charge is 2.44. The summed E-state index contributed by atoms with van der Waals surface area (Å²) in [5, 5.41) is 2.83. The quantitative estimate of drug-likeness (QED) is 0.538. The second-order valence-corrected chi connectivity index (χ2v) is 7.76. The van der Waals surface area contributed by atoms with Crippen LogP contribution in [0.5, 0.6) is 11.5 Å². The number of urea groups is 1. The van der Waals surface area contributed by atoms with Crippen molar-refractivity contribution in [3.05, 3.63) is 84.4 Å². The Labute approximate surface area is 197 Å². The molecule has 174 valence electrons. The van der Waals surface area contributed by atoms with Gasteiger partial charge in [-0.15, -0.1) is 0 Å². The van der Waals surface area contributed by atoms with E-state index < -0.39 is 18.0 Å². The van der Waals surface area contributed by atoms with Crippen molar-refractivity contribution in [3.63, 3.8) is 0 Å². The van der Waals surface area contributed by atoms with Crippen LogP contribution in [0.15, 0.2) is 78.9 Å². The third-order valence-electron chi connectivity index (χ3n) is 5.63. The van der Waals surface area contributed by atoms with Crippen LogP contribution < -0.4 is 19.7 Å². The maximum Gasteiger partial charge on any atom is 0.322 e. The average molecular weight is 460 g/mol. The van der Waals surface area contributed by atoms with Gasteiger partial charge < -0.3 is 19.7 Å². The molecule has 1 aliphatic heterocycles. The zero-order valence-corrected chi connectivity index (χ0v) is 18.9. The Kier molecular flexibility index (Phi) is 6.77. The van der Waals surface area contributed by atoms with Gasteiger partial charge in [-0.3, -0.25) is 9.59 Å². The summed E-state index contributed by atoms with van der Waals surface area (Å²) in [5.41, 5.74) is 1.83. The molecule has 3 aromatic carbocycles. The highest BCUT2D eigenvalue weighted by atomic mass is 16.5. The largest absolute Gasteiger partial charge is 0.497 e. The number of para-hydroxylation sites is 1. The third kappa shape index (κ3) is 4.85. The Bertz CT molecular complexity index is 1160. The summed E-state index contributed by atoms with van der Waals surface area (Å²) in [4.78, 5) is 42.0. The molecular weight excluding hydrogens is 434 g/mol. The predicted octanol–water partition coefficient (Wildman–Crippen LogP) is 4.07. The molecule has 0 radical (unpaired) electrons. The summed E-state index contributed by atoms with van der Waals surface area (Å²) in [7, 11) is 3.13. The topological polar surface area (TPSA) is 88.2 Å². The van der Waals surface area contributed by atoms with Crippen LogP contribution in [0.3, 0.4) is 0 Å². The molecule has 0 aromatic heterocycles. The van der Waals surface area contributed by atoms with Crippen LogP contribution in [-0.2, 0) is 16.1 Å². The Hall–Kier alpha value is -4.33. The Balaban J connectivity index is 1.61. The molecule has 4 amide bonds. The first-order valence-corrected chi connectivity index (χ1v) is 10.8. The number of anilines is 2. The minimum Gasteiger partial charge on any atom is -0.497 e. The number of nitrogens with zero attached hydrogens (tertiary/aromatic N) is 2. The monoisotopic (exact) mass is 459 g/mol. The lowest BCUT2D eigenvalue weighted by molar-refractivity contribution is -0.122. The van der Waals surface area contributed by atoms with Crippen LogP contribution in [0.1, 0.15) is 12.0 Å². The standard InChI is InChI=1S/C26H25N3O5/c1-33-21-12-8-18(9-13-21)17-28(26(32)27-19-10-14-22(34-2)15-11-19)23-16-24(30)29(25(23)31)20-6-4-3-5-7-20/h3-15,23H,16-17H2,1-2H3,(H,27,32). The molecule has 0 saturated carbocycles. The molecule has 3 aromatic rings. The van der Waals surface area contributed by atoms with Crippen molar-refractivity contribution in [2.45, 2.75) is 19.0 Å². The van der Waals surface area contributed by atoms with Crippen LogP contribution >= 0.6 is 0 Å². The first kappa shape index (κ1) is 22.8. The van der Waals surface area contributed by atoms with Crippen molar-refractivity contribution in [2.24, 2.45) is 0 Å². The van der Waals surface area contributed by atoms with Crippen molar-refractivity contribution in [3.8, 4) is 11.5 Å². The minimum atomic E-state index is -0.937. The lowest BCUT2D eigenvalue weighted by Crippen LogP contribution is -2.46. The van der Waals surface area contributed by atoms with Gasteiger partial charge in [0.15, 0.2) is 0 Å². The summed E-state index contributed by atoms with van der Waals surface area (Å²) >= 11 is 0. The normalized spacial score (nSPS) is 15.2. The Morgan fingerprint density at radius 1 is 0.912 bits per heavy atom. The number of ether oxygens (including phenoxy) is 2. The molecule has 0 bridgehead atoms. The number of rotatable bonds is 7. The van der Waals surface area contributed by atoms with Gasteiger partial charge in [0.2, 0.25) is 5.91 Å². The van der Waals surface area contributed by atoms with E-state index in [9.17, 15) is 14.4 Å². The molecule has 1 N–H and O–H groups in total. The average Bonchev–Trinajstić information content (AvgIpc) is 3.17. The zero-order valence-electron chi connectivity index (χ0n) is 18.9. The van der Waals surface area contributed by atoms with E-state index in [0.29, 0.717) is 22.9 Å². The van der Waals surface area contributed by atoms with Crippen LogP contribution in [0, 0.1) is 0 Å². The molecule has 1 aliphatic rings. The van der Waals surface area contributed by atoms with E-state index in [1.54, 1.807) is 74.9 Å². The molecule has 0 spiro atoms. The first-order valence-electron chi connectivity index (χ1n) is 10.8. The maximum absolute atomic E-state index is 13.4. The molecule has 1 unspecified atom stereocenters. The van der Waals surface area contributed by atoms with Crippen LogP contribution in [0.4, 0.5) is 16.2 Å². The molecule has 34 heavy (non-hydrogen) atoms. The van der Waals surface area contributed by atoms with Crippen LogP contribution in [0.2, 0.25) is 0 Å². The summed E-state index contributed by atoms with van der Waals surface area (Å²) in [6.07, 6.45) is -0.0973. The lowest BCUT2D eigenvalue weighted by atomic mass is 10.1. The van der Waals surface area contributed by atoms with Crippen LogP contribution in [0.25, 0.3) is 0 Å². The molecule has 1 fully saturated rings. The molecular formula is C26H25N3O5. The van der Waals surface area contributed by atoms with E-state index in [4.69, 9.17) is 9.47 Å². The van der Waals surface area contributed by atoms with Gasteiger partial charge in [0.1, 0.15) is 17.5 Å². The number of hydrogen-bond acceptors (Lipinski definition) is 5. The van der Waals surface area contributed by atoms with Gasteiger partial charge in [-0.05, 0) is 54.1 Å². The second kappa shape index (κ2) is 10.1. The zero-order chi connectivity index (χ0) is 24.1. The van der Waals surface area contributed by atoms with Gasteiger partial charge in [-0.2, -0.15) is 0 Å². The number of hydrogen-bond donors (Lipinski definition) is 1. The number of carbonyl (C=O) groups is 3. The Morgan fingerprint density at radius 3 is 2.09 bits per heavy atom. The Morgan fingerprint density at radius 2 is 1.50 bits per heavy atom. The smallest absolute Gasteiger partial charge is 0.322 e. The van der Waals surface area contributed by atoms with Gasteiger partial charge in [-0.25, -0.2) is 9.69 Å². The minimum absolute atomic E-state index is 0.0973. The van der Waals surface area contributed by atoms with Crippen molar-refractivity contribution < 1.29 is 23.9 Å². The molecule has 8 heteroatoms. The van der Waals surface area contributed by atoms with E-state index in [-0.39, 0.29) is 18.9 Å². The molecule has 1 saturated heterocycles. The molecule has 0 aliphatic carbocycles. The third-order valence-corrected chi connectivity index (χ3v) is 5.63. The second-order valence-electron chi connectivity index (χ2n) is 7.76. The van der Waals surface area contributed by atoms with Gasteiger partial charge in [0.05, 0.1) is 26.3 Å². The molecule has 1 atom stereocenters. The first-order chi connectivity index (χ1) is 16.5. The van der Waals surface area contributed by atoms with E-state index in [1.807, 2.05) is 18.2 Å². The van der Waals surface area contributed by atoms with E-state index in [1.165, 1.54) is 4.90 Å². The predicted molar refractivity (Wildman–Crippen MR) is 128 cm³/mol. The molecule has 1 heterocycles. The van der Waals surface area contributed by atoms with Crippen molar-refractivity contribution in [1.29, 1.82) is 0 Å². The van der Waals surface area contributed by atoms with E-state index >= 15 is 0 Å². The van der Waals surface area contributed by atoms with E-state index in [0.717, 1.165) is 10.5 Å². The van der Waals surface area contributed by atoms with E-state index in [2.05, 4.69) is 5.32 Å². The summed E-state index contributed by atoms with van der Waals surface area (Å²) in [6.45, 7) is 0.137. The van der Waals surface area contributed by atoms with Gasteiger partial charge >= 0.3 is 6.03 Å². The lowest BCUT2D eigenvalue weighted by Gasteiger charge is -2.28. The summed E-state index contributed by atoms with van der Waals surface area (Å²) in [6, 6.07) is 21.4. The SMILES string of the molecule is COc1ccc(CN(C(=O)Nc2ccc(OC)cc2)C2CC(=O)N(c3ccccc3)C2=O)cc1. The molecule has 8 nitrogen and oxygen atoms in total. The maximum atomic E-state index is 13.4. The van der Waals surface area contributed by atoms with Gasteiger partial charge in [0, 0.05) is 12.2 Å². The summed E-state index contributed by atoms with van der Waals surface area (Å²) in [5.74, 6) is 0.552. The highest BCUT2D eigenvalue weighted by Crippen LogP contribution is 2.27. The van der Waals surface area contributed by atoms with Crippen molar-refractivity contribution >= 4 is 29.2 Å². The number of benzene rings is 3. The number of methoxy groups -OCH3 is 2.